The lowest BCUT2D eigenvalue weighted by Gasteiger charge is -2.03. The average Bonchev–Trinajstić information content (AvgIpc) is 3.19. The number of rotatable bonds is 3. The normalized spacial score (nSPS) is 11.0. The number of hydrogen-bond acceptors (Lipinski definition) is 4. The van der Waals surface area contributed by atoms with Crippen molar-refractivity contribution in [1.82, 2.24) is 0 Å². The van der Waals surface area contributed by atoms with Crippen LogP contribution in [0.15, 0.2) is 58.4 Å². The van der Waals surface area contributed by atoms with Crippen LogP contribution in [0.25, 0.3) is 32.4 Å². The Hall–Kier alpha value is -2.22. The van der Waals surface area contributed by atoms with E-state index in [0.717, 1.165) is 37.2 Å². The van der Waals surface area contributed by atoms with Gasteiger partial charge in [-0.05, 0) is 54.7 Å². The van der Waals surface area contributed by atoms with Gasteiger partial charge in [0.15, 0.2) is 4.88 Å². The Kier molecular flexibility index (Phi) is 4.52. The minimum atomic E-state index is 0.462. The smallest absolute Gasteiger partial charge is 0.359 e. The van der Waals surface area contributed by atoms with Crippen molar-refractivity contribution in [2.24, 2.45) is 0 Å². The summed E-state index contributed by atoms with van der Waals surface area (Å²) in [6, 6.07) is 15.2. The van der Waals surface area contributed by atoms with Gasteiger partial charge in [0.25, 0.3) is 10.7 Å². The highest BCUT2D eigenvalue weighted by Crippen LogP contribution is 2.36. The molecule has 1 radical (unpaired) electrons. The number of halogens is 1. The third-order valence-corrected chi connectivity index (χ3v) is 6.43. The van der Waals surface area contributed by atoms with E-state index >= 15 is 0 Å². The molecule has 0 aliphatic carbocycles. The number of aromatic nitrogens is 2. The molecule has 4 nitrogen and oxygen atoms in total. The van der Waals surface area contributed by atoms with Crippen LogP contribution in [-0.4, -0.2) is 0 Å². The fourth-order valence-corrected chi connectivity index (χ4v) is 4.77. The summed E-state index contributed by atoms with van der Waals surface area (Å²) in [6.45, 7) is 1.99. The maximum absolute atomic E-state index is 12.9. The zero-order valence-corrected chi connectivity index (χ0v) is 16.8. The number of hydrogen-bond donors (Lipinski definition) is 0. The van der Waals surface area contributed by atoms with Gasteiger partial charge in [0.1, 0.15) is 0 Å². The topological polar surface area (TPSA) is 53.9 Å². The van der Waals surface area contributed by atoms with Crippen molar-refractivity contribution in [3.05, 3.63) is 79.9 Å². The van der Waals surface area contributed by atoms with Crippen LogP contribution in [0.5, 0.6) is 0 Å². The zero-order chi connectivity index (χ0) is 18.3. The van der Waals surface area contributed by atoms with E-state index in [1.165, 1.54) is 11.3 Å². The minimum absolute atomic E-state index is 0.462. The van der Waals surface area contributed by atoms with Gasteiger partial charge in [-0.3, -0.25) is 0 Å². The summed E-state index contributed by atoms with van der Waals surface area (Å²) >= 11 is 5.89. The molecule has 2 aromatic carbocycles. The van der Waals surface area contributed by atoms with Crippen molar-refractivity contribution >= 4 is 38.6 Å². The molecule has 0 amide bonds. The molecular weight excluding hydrogens is 432 g/mol. The highest BCUT2D eigenvalue weighted by molar-refractivity contribution is 9.10. The summed E-state index contributed by atoms with van der Waals surface area (Å²) in [5.74, 6) is 0. The summed E-state index contributed by atoms with van der Waals surface area (Å²) in [5, 5.41) is 27.5. The van der Waals surface area contributed by atoms with Crippen LogP contribution in [0.2, 0.25) is 0 Å². The maximum Gasteiger partial charge on any atom is 0.359 e. The molecule has 0 bridgehead atoms. The van der Waals surface area contributed by atoms with E-state index in [2.05, 4.69) is 21.4 Å². The van der Waals surface area contributed by atoms with Crippen molar-refractivity contribution in [3.8, 4) is 32.4 Å². The Morgan fingerprint density at radius 2 is 1.62 bits per heavy atom. The molecule has 4 rings (SSSR count). The second-order valence-electron chi connectivity index (χ2n) is 5.76. The average molecular weight is 444 g/mol. The van der Waals surface area contributed by atoms with Crippen LogP contribution >= 0.6 is 38.6 Å². The van der Waals surface area contributed by atoms with Gasteiger partial charge >= 0.3 is 5.51 Å². The minimum Gasteiger partial charge on any atom is -0.617 e. The van der Waals surface area contributed by atoms with Crippen LogP contribution < -0.4 is 9.46 Å². The Morgan fingerprint density at radius 1 is 0.962 bits per heavy atom. The molecule has 0 aliphatic heterocycles. The first-order valence-corrected chi connectivity index (χ1v) is 10.2. The summed E-state index contributed by atoms with van der Waals surface area (Å²) in [5.41, 5.74) is 6.43. The van der Waals surface area contributed by atoms with Gasteiger partial charge in [-0.2, -0.15) is 4.73 Å². The van der Waals surface area contributed by atoms with Crippen molar-refractivity contribution in [3.63, 3.8) is 0 Å². The predicted molar refractivity (Wildman–Crippen MR) is 108 cm³/mol. The maximum atomic E-state index is 12.9. The third-order valence-electron chi connectivity index (χ3n) is 3.99. The van der Waals surface area contributed by atoms with Crippen LogP contribution in [0.3, 0.4) is 0 Å². The first kappa shape index (κ1) is 17.2. The fraction of sp³-hybridized carbons (Fsp3) is 0.0526. The van der Waals surface area contributed by atoms with Crippen molar-refractivity contribution in [1.29, 1.82) is 0 Å². The second-order valence-corrected chi connectivity index (χ2v) is 8.33. The molecule has 4 aromatic rings. The van der Waals surface area contributed by atoms with Crippen LogP contribution in [0.1, 0.15) is 5.56 Å². The van der Waals surface area contributed by atoms with Crippen molar-refractivity contribution in [2.75, 3.05) is 0 Å². The highest BCUT2D eigenvalue weighted by atomic mass is 79.9. The molecule has 0 saturated heterocycles. The Bertz CT molecular complexity index is 1070. The van der Waals surface area contributed by atoms with Crippen LogP contribution in [0.4, 0.5) is 0 Å². The van der Waals surface area contributed by atoms with Crippen molar-refractivity contribution in [2.45, 2.75) is 6.92 Å². The van der Waals surface area contributed by atoms with Gasteiger partial charge in [-0.1, -0.05) is 45.0 Å². The lowest BCUT2D eigenvalue weighted by Crippen LogP contribution is -2.30. The molecule has 129 valence electrons. The van der Waals surface area contributed by atoms with E-state index in [1.54, 1.807) is 0 Å². The fourth-order valence-electron chi connectivity index (χ4n) is 2.65. The van der Waals surface area contributed by atoms with E-state index in [4.69, 9.17) is 0 Å². The molecule has 0 saturated carbocycles. The van der Waals surface area contributed by atoms with Crippen molar-refractivity contribution < 1.29 is 9.46 Å². The zero-order valence-electron chi connectivity index (χ0n) is 13.6. The Labute approximate surface area is 166 Å². The Morgan fingerprint density at radius 3 is 2.31 bits per heavy atom. The van der Waals surface area contributed by atoms with Gasteiger partial charge in [-0.25, -0.2) is 0 Å². The molecule has 0 aliphatic rings. The van der Waals surface area contributed by atoms with Gasteiger partial charge < -0.3 is 10.4 Å². The summed E-state index contributed by atoms with van der Waals surface area (Å²) in [4.78, 5) is 0.632. The molecule has 0 atom stereocenters. The number of thiazole rings is 2. The lowest BCUT2D eigenvalue weighted by atomic mass is 10.1. The predicted octanol–water partition coefficient (Wildman–Crippen LogP) is 4.95. The first-order chi connectivity index (χ1) is 12.5. The van der Waals surface area contributed by atoms with Crippen LogP contribution in [0, 0.1) is 22.8 Å². The molecule has 7 heteroatoms. The number of aryl methyl sites for hydroxylation is 1. The molecule has 2 aromatic heterocycles. The second kappa shape index (κ2) is 6.83. The highest BCUT2D eigenvalue weighted by Gasteiger charge is 2.29. The largest absolute Gasteiger partial charge is 0.617 e. The molecule has 0 N–H and O–H groups in total. The molecule has 2 heterocycles. The van der Waals surface area contributed by atoms with Gasteiger partial charge in [-0.15, -0.1) is 4.73 Å². The first-order valence-electron chi connectivity index (χ1n) is 7.73. The molecule has 0 spiro atoms. The number of nitrogens with zero attached hydrogens (tertiary/aromatic N) is 2. The van der Waals surface area contributed by atoms with Gasteiger partial charge in [0.05, 0.1) is 5.38 Å². The SMILES string of the molecule is Cc1ccc(-c2c(-c3scc(-c4ccc(Br)cc4)[n+]3[O-])s[c][n+]2[O-])cc1. The molecule has 0 fully saturated rings. The van der Waals surface area contributed by atoms with E-state index in [9.17, 15) is 10.4 Å². The van der Waals surface area contributed by atoms with E-state index in [-0.39, 0.29) is 0 Å². The summed E-state index contributed by atoms with van der Waals surface area (Å²) in [7, 11) is 0. The van der Waals surface area contributed by atoms with E-state index in [0.29, 0.717) is 26.0 Å². The lowest BCUT2D eigenvalue weighted by molar-refractivity contribution is -0.593. The van der Waals surface area contributed by atoms with E-state index in [1.807, 2.05) is 60.8 Å². The van der Waals surface area contributed by atoms with Gasteiger partial charge in [0, 0.05) is 15.6 Å². The molecule has 0 unspecified atom stereocenters. The third kappa shape index (κ3) is 3.02. The number of benzene rings is 2. The molecular formula is C19H12BrN2O2S2. The van der Waals surface area contributed by atoms with Crippen LogP contribution in [-0.2, 0) is 0 Å². The quantitative estimate of drug-likeness (QED) is 0.332. The monoisotopic (exact) mass is 443 g/mol. The summed E-state index contributed by atoms with van der Waals surface area (Å²) < 4.78 is 2.56. The summed E-state index contributed by atoms with van der Waals surface area (Å²) in [6.07, 6.45) is 0. The standard InChI is InChI=1S/C19H12BrN2O2S2/c1-12-2-4-14(5-3-12)17-18(26-11-21(17)23)19-22(24)16(10-25-19)13-6-8-15(20)9-7-13/h2-10H,1H3. The van der Waals surface area contributed by atoms with Gasteiger partial charge in [0.2, 0.25) is 5.69 Å². The molecule has 26 heavy (non-hydrogen) atoms. The Balaban J connectivity index is 1.83. The van der Waals surface area contributed by atoms with E-state index < -0.39 is 0 Å².